The number of carbonyl (C=O) groups excluding carboxylic acids is 3. The normalized spacial score (nSPS) is 35.8. The zero-order valence-corrected chi connectivity index (χ0v) is 38.2. The van der Waals surface area contributed by atoms with E-state index in [1.54, 1.807) is 42.5 Å². The summed E-state index contributed by atoms with van der Waals surface area (Å²) in [6.07, 6.45) is 0.719. The van der Waals surface area contributed by atoms with Crippen LogP contribution in [0.3, 0.4) is 0 Å². The third-order valence-electron chi connectivity index (χ3n) is 13.1. The van der Waals surface area contributed by atoms with Crippen LogP contribution < -0.4 is 11.1 Å². The van der Waals surface area contributed by atoms with Gasteiger partial charge in [-0.15, -0.1) is 11.7 Å². The number of methoxy groups -OCH3 is 1. The Labute approximate surface area is 373 Å². The van der Waals surface area contributed by atoms with Crippen LogP contribution in [0.1, 0.15) is 94.4 Å². The number of hydrogen-bond acceptors (Lipinski definition) is 14. The minimum atomic E-state index is -3.15. The number of Topliss-reactive ketones (excluding diaryl/α,β-unsaturated/α-hetero) is 1. The van der Waals surface area contributed by atoms with E-state index in [1.807, 2.05) is 57.2 Å². The average Bonchev–Trinajstić information content (AvgIpc) is 3.80. The highest BCUT2D eigenvalue weighted by molar-refractivity contribution is 6.07. The summed E-state index contributed by atoms with van der Waals surface area (Å²) >= 11 is 0. The lowest BCUT2D eigenvalue weighted by molar-refractivity contribution is -0.295. The minimum Gasteiger partial charge on any atom is -0.455 e. The number of benzene rings is 1. The number of nitrogens with two attached hydrogens (primary N) is 1. The summed E-state index contributed by atoms with van der Waals surface area (Å²) in [5.41, 5.74) is 2.28. The average molecular weight is 888 g/mol. The number of halogens is 1. The molecule has 4 heterocycles. The molecule has 0 saturated carbocycles. The molecule has 0 bridgehead atoms. The molecule has 0 aliphatic carbocycles. The Balaban J connectivity index is 0.00000871. The Bertz CT molecular complexity index is 1860. The molecule has 4 N–H and O–H groups in total. The fraction of sp³-hybridized carbons (Fsp3) is 0.717. The molecule has 16 nitrogen and oxygen atoms in total. The summed E-state index contributed by atoms with van der Waals surface area (Å²) in [6, 6.07) is 5.94. The smallest absolute Gasteiger partial charge is 0.410 e. The second-order valence-corrected chi connectivity index (χ2v) is 18.3. The van der Waals surface area contributed by atoms with Gasteiger partial charge in [-0.25, -0.2) is 14.0 Å². The number of ketones is 1. The molecule has 3 aliphatic heterocycles. The molecular formula is C46H74FN7O9. The van der Waals surface area contributed by atoms with Gasteiger partial charge in [0.1, 0.15) is 17.9 Å². The van der Waals surface area contributed by atoms with Gasteiger partial charge in [0.15, 0.2) is 17.7 Å². The maximum absolute atomic E-state index is 17.1. The predicted molar refractivity (Wildman–Crippen MR) is 238 cm³/mol. The number of ether oxygens (including phenoxy) is 5. The summed E-state index contributed by atoms with van der Waals surface area (Å²) in [5, 5.41) is 23.7. The van der Waals surface area contributed by atoms with Gasteiger partial charge in [0.05, 0.1) is 30.0 Å². The van der Waals surface area contributed by atoms with Crippen LogP contribution in [0.2, 0.25) is 0 Å². The number of amides is 1. The lowest BCUT2D eigenvalue weighted by Gasteiger charge is -2.47. The number of unbranched alkanes of at least 4 members (excludes halogenated alkanes) is 1. The number of alkyl halides is 1. The molecule has 1 aromatic heterocycles. The third kappa shape index (κ3) is 11.3. The van der Waals surface area contributed by atoms with Crippen molar-refractivity contribution in [3.8, 4) is 11.3 Å². The van der Waals surface area contributed by atoms with Crippen LogP contribution in [-0.2, 0) is 39.8 Å². The summed E-state index contributed by atoms with van der Waals surface area (Å²) in [6.45, 7) is 16.8. The van der Waals surface area contributed by atoms with Crippen molar-refractivity contribution in [2.45, 2.75) is 167 Å². The number of likely N-dealkylation sites (N-methyl/N-ethyl adjacent to an activating group) is 1. The zero-order chi connectivity index (χ0) is 45.7. The van der Waals surface area contributed by atoms with Gasteiger partial charge in [0.25, 0.3) is 5.67 Å². The van der Waals surface area contributed by atoms with Crippen LogP contribution in [0, 0.1) is 11.8 Å². The van der Waals surface area contributed by atoms with E-state index in [0.29, 0.717) is 63.1 Å². The van der Waals surface area contributed by atoms with Crippen molar-refractivity contribution in [1.82, 2.24) is 30.1 Å². The Morgan fingerprint density at radius 1 is 1.14 bits per heavy atom. The van der Waals surface area contributed by atoms with Crippen molar-refractivity contribution in [2.75, 3.05) is 40.0 Å². The molecule has 0 radical (unpaired) electrons. The first-order valence-electron chi connectivity index (χ1n) is 21.9. The van der Waals surface area contributed by atoms with E-state index >= 15 is 4.39 Å². The molecule has 0 spiro atoms. The first kappa shape index (κ1) is 51.6. The topological polar surface area (TPSA) is 193 Å². The number of nitrogens with zero attached hydrogens (tertiary/aromatic N) is 5. The molecule has 2 aromatic rings. The number of cyclic esters (lactones) is 1. The Kier molecular flexibility index (Phi) is 17.5. The number of hydrogen-bond donors (Lipinski definition) is 3. The van der Waals surface area contributed by atoms with Gasteiger partial charge in [-0.2, -0.15) is 0 Å². The van der Waals surface area contributed by atoms with Crippen molar-refractivity contribution < 1.29 is 47.6 Å². The van der Waals surface area contributed by atoms with Gasteiger partial charge >= 0.3 is 12.1 Å². The number of rotatable bonds is 13. The fourth-order valence-corrected chi connectivity index (χ4v) is 9.66. The fourth-order valence-electron chi connectivity index (χ4n) is 9.66. The van der Waals surface area contributed by atoms with Crippen molar-refractivity contribution in [1.29, 1.82) is 0 Å². The largest absolute Gasteiger partial charge is 0.455 e. The summed E-state index contributed by atoms with van der Waals surface area (Å²) in [7, 11) is 5.20. The van der Waals surface area contributed by atoms with Gasteiger partial charge in [-0.1, -0.05) is 51.6 Å². The number of aliphatic hydroxyl groups excluding tert-OH is 1. The Morgan fingerprint density at radius 3 is 2.48 bits per heavy atom. The van der Waals surface area contributed by atoms with E-state index in [0.717, 1.165) is 12.5 Å². The number of aliphatic hydroxyl groups is 1. The number of aromatic nitrogens is 3. The first-order chi connectivity index (χ1) is 29.2. The van der Waals surface area contributed by atoms with Crippen molar-refractivity contribution in [3.05, 3.63) is 43.1 Å². The molecule has 2 unspecified atom stereocenters. The van der Waals surface area contributed by atoms with E-state index < -0.39 is 77.3 Å². The van der Waals surface area contributed by atoms with Gasteiger partial charge in [-0.3, -0.25) is 14.4 Å². The highest BCUT2D eigenvalue weighted by Crippen LogP contribution is 2.41. The van der Waals surface area contributed by atoms with E-state index in [1.165, 1.54) is 14.0 Å². The third-order valence-corrected chi connectivity index (χ3v) is 13.1. The van der Waals surface area contributed by atoms with E-state index in [9.17, 15) is 19.5 Å². The van der Waals surface area contributed by atoms with Gasteiger partial charge in [0.2, 0.25) is 0 Å². The van der Waals surface area contributed by atoms with E-state index in [4.69, 9.17) is 29.4 Å². The minimum absolute atomic E-state index is 0. The van der Waals surface area contributed by atoms with Crippen molar-refractivity contribution >= 4 is 23.5 Å². The lowest BCUT2D eigenvalue weighted by atomic mass is 9.78. The number of fused-ring (bicyclic) bond motifs is 1. The summed E-state index contributed by atoms with van der Waals surface area (Å²) in [5.74, 6) is -3.93. The molecule has 17 heteroatoms. The number of aryl methyl sites for hydroxylation is 1. The van der Waals surface area contributed by atoms with Crippen LogP contribution in [0.5, 0.6) is 0 Å². The molecule has 3 aliphatic rings. The van der Waals surface area contributed by atoms with Crippen molar-refractivity contribution in [3.63, 3.8) is 0 Å². The standard InChI is InChI=1S/C45H70FN7O9.CH4/c1-12-17-32-37-45(8,62-42(57)53(37)21-15-14-20-52-26-33(49-50-52)30-18-16-19-31(47)23-30)35(13-2)60-41(56)44(7,46)38(55)29(5)39(43(6,58-11)24-27(3)25-48-32)61-40-36(54)34(51(9)10)22-28(4)59-40;/h12,16,18-19,23,26-29,32,34-37,39-40,48,54H,1,13-15,17,20-22,24-25,47H2,2-11H3;1H4/t27-,28-,29+,32-,34?,35-,36?,37-,39-,40+,43-,44+,45-;/m1./s1. The molecular weight excluding hydrogens is 814 g/mol. The monoisotopic (exact) mass is 888 g/mol. The van der Waals surface area contributed by atoms with Crippen LogP contribution >= 0.6 is 0 Å². The predicted octanol–water partition coefficient (Wildman–Crippen LogP) is 5.57. The highest BCUT2D eigenvalue weighted by atomic mass is 19.1. The number of nitrogens with one attached hydrogen (secondary N) is 1. The van der Waals surface area contributed by atoms with Crippen molar-refractivity contribution in [2.24, 2.45) is 11.8 Å². The Morgan fingerprint density at radius 2 is 1.84 bits per heavy atom. The maximum Gasteiger partial charge on any atom is 0.410 e. The molecule has 1 amide bonds. The summed E-state index contributed by atoms with van der Waals surface area (Å²) in [4.78, 5) is 46.0. The number of esters is 1. The van der Waals surface area contributed by atoms with E-state index in [2.05, 4.69) is 22.2 Å². The quantitative estimate of drug-likeness (QED) is 0.0744. The van der Waals surface area contributed by atoms with Gasteiger partial charge in [-0.05, 0) is 105 Å². The van der Waals surface area contributed by atoms with Crippen LogP contribution in [-0.4, -0.2) is 148 Å². The molecule has 3 fully saturated rings. The second-order valence-electron chi connectivity index (χ2n) is 18.3. The van der Waals surface area contributed by atoms with Crippen LogP contribution in [0.4, 0.5) is 14.9 Å². The molecule has 354 valence electrons. The Hall–Kier alpha value is -4.00. The second kappa shape index (κ2) is 21.3. The number of anilines is 1. The number of carbonyl (C=O) groups is 3. The maximum atomic E-state index is 17.1. The lowest BCUT2D eigenvalue weighted by Crippen LogP contribution is -2.62. The summed E-state index contributed by atoms with van der Waals surface area (Å²) < 4.78 is 49.9. The zero-order valence-electron chi connectivity index (χ0n) is 38.2. The molecule has 5 rings (SSSR count). The van der Waals surface area contributed by atoms with Crippen LogP contribution in [0.15, 0.2) is 43.1 Å². The first-order valence-corrected chi connectivity index (χ1v) is 21.9. The molecule has 3 saturated heterocycles. The number of nitrogen functional groups attached to an aromatic ring is 1. The van der Waals surface area contributed by atoms with Gasteiger partial charge < -0.3 is 44.7 Å². The molecule has 13 atom stereocenters. The van der Waals surface area contributed by atoms with E-state index in [-0.39, 0.29) is 31.9 Å². The SMILES string of the molecule is C.C=CC[C@H]1NC[C@H](C)C[C@@](C)(OC)[C@H](O[C@@H]2O[C@H](C)CC(N(C)C)C2O)[C@@H](C)C(=O)[C@](C)(F)C(=O)O[C@H](CC)[C@@]2(C)OC(=O)N(CCCCn3cc(-c4cccc(N)c4)nn3)[C@H]12. The molecule has 63 heavy (non-hydrogen) atoms. The molecule has 1 aromatic carbocycles. The van der Waals surface area contributed by atoms with Crippen LogP contribution in [0.25, 0.3) is 11.3 Å². The van der Waals surface area contributed by atoms with Gasteiger partial charge in [0, 0.05) is 49.5 Å². The highest BCUT2D eigenvalue weighted by Gasteiger charge is 2.60.